The average molecular weight is 424 g/mol. The summed E-state index contributed by atoms with van der Waals surface area (Å²) in [5, 5.41) is 11.2. The highest BCUT2D eigenvalue weighted by Crippen LogP contribution is 2.31. The van der Waals surface area contributed by atoms with Crippen LogP contribution in [-0.4, -0.2) is 29.5 Å². The van der Waals surface area contributed by atoms with Crippen LogP contribution in [0, 0.1) is 17.0 Å². The Labute approximate surface area is 180 Å². The Balaban J connectivity index is 1.92. The Kier molecular flexibility index (Phi) is 6.69. The van der Waals surface area contributed by atoms with Crippen LogP contribution < -0.4 is 9.47 Å². The predicted octanol–water partition coefficient (Wildman–Crippen LogP) is 4.82. The molecule has 8 nitrogen and oxygen atoms in total. The zero-order valence-electron chi connectivity index (χ0n) is 17.9. The summed E-state index contributed by atoms with van der Waals surface area (Å²) in [7, 11) is 0. The molecule has 2 aromatic carbocycles. The van der Waals surface area contributed by atoms with Crippen molar-refractivity contribution in [2.75, 3.05) is 6.61 Å². The summed E-state index contributed by atoms with van der Waals surface area (Å²) in [5.74, 6) is 0.600. The van der Waals surface area contributed by atoms with Crippen LogP contribution in [0.25, 0.3) is 6.08 Å². The maximum atomic E-state index is 12.3. The zero-order chi connectivity index (χ0) is 22.5. The van der Waals surface area contributed by atoms with Gasteiger partial charge >= 0.3 is 5.97 Å². The molecule has 0 aliphatic carbocycles. The Morgan fingerprint density at radius 1 is 1.19 bits per heavy atom. The van der Waals surface area contributed by atoms with Gasteiger partial charge < -0.3 is 14.2 Å². The fourth-order valence-corrected chi connectivity index (χ4v) is 2.91. The van der Waals surface area contributed by atoms with E-state index in [-0.39, 0.29) is 23.4 Å². The fourth-order valence-electron chi connectivity index (χ4n) is 2.91. The number of esters is 1. The molecule has 1 heterocycles. The Bertz CT molecular complexity index is 1070. The SMILES string of the molecule is CCOc1cc(/C=C2\N=C(c3ccc(C)c([N+](=O)[O-])c3)OC2=O)ccc1OC(C)CC. The van der Waals surface area contributed by atoms with E-state index in [0.717, 1.165) is 6.42 Å². The molecule has 1 aliphatic heterocycles. The molecule has 1 aliphatic rings. The maximum Gasteiger partial charge on any atom is 0.363 e. The fraction of sp³-hybridized carbons (Fsp3) is 0.304. The first-order chi connectivity index (χ1) is 14.8. The first-order valence-corrected chi connectivity index (χ1v) is 10.0. The van der Waals surface area contributed by atoms with Gasteiger partial charge in [0.25, 0.3) is 5.69 Å². The number of carbonyl (C=O) groups excluding carboxylic acids is 1. The summed E-state index contributed by atoms with van der Waals surface area (Å²) in [6.07, 6.45) is 2.48. The summed E-state index contributed by atoms with van der Waals surface area (Å²) >= 11 is 0. The maximum absolute atomic E-state index is 12.3. The zero-order valence-corrected chi connectivity index (χ0v) is 17.9. The molecule has 0 N–H and O–H groups in total. The van der Waals surface area contributed by atoms with Crippen LogP contribution in [0.4, 0.5) is 5.69 Å². The molecule has 1 atom stereocenters. The molecule has 2 aromatic rings. The molecule has 31 heavy (non-hydrogen) atoms. The van der Waals surface area contributed by atoms with E-state index in [2.05, 4.69) is 4.99 Å². The van der Waals surface area contributed by atoms with E-state index in [1.165, 1.54) is 6.07 Å². The Hall–Kier alpha value is -3.68. The van der Waals surface area contributed by atoms with Gasteiger partial charge in [0.2, 0.25) is 5.90 Å². The molecule has 0 radical (unpaired) electrons. The third kappa shape index (κ3) is 5.09. The lowest BCUT2D eigenvalue weighted by Crippen LogP contribution is -2.10. The summed E-state index contributed by atoms with van der Waals surface area (Å²) in [6.45, 7) is 8.00. The first kappa shape index (κ1) is 22.0. The van der Waals surface area contributed by atoms with E-state index >= 15 is 0 Å². The van der Waals surface area contributed by atoms with Crippen molar-refractivity contribution in [1.82, 2.24) is 0 Å². The number of benzene rings is 2. The Morgan fingerprint density at radius 2 is 1.97 bits per heavy atom. The standard InChI is InChI=1S/C23H24N2O6/c1-5-15(4)30-20-10-8-16(12-21(20)29-6-2)11-18-23(26)31-22(24-18)17-9-7-14(3)19(13-17)25(27)28/h7-13,15H,5-6H2,1-4H3/b18-11-. The summed E-state index contributed by atoms with van der Waals surface area (Å²) in [4.78, 5) is 27.3. The van der Waals surface area contributed by atoms with Crippen LogP contribution in [-0.2, 0) is 9.53 Å². The van der Waals surface area contributed by atoms with E-state index in [1.807, 2.05) is 20.8 Å². The molecule has 162 valence electrons. The smallest absolute Gasteiger partial charge is 0.363 e. The van der Waals surface area contributed by atoms with Gasteiger partial charge in [-0.25, -0.2) is 9.79 Å². The topological polar surface area (TPSA) is 100 Å². The minimum Gasteiger partial charge on any atom is -0.490 e. The van der Waals surface area contributed by atoms with Crippen molar-refractivity contribution >= 4 is 23.6 Å². The number of cyclic esters (lactones) is 1. The minimum absolute atomic E-state index is 0.0288. The Morgan fingerprint density at radius 3 is 2.65 bits per heavy atom. The number of aliphatic imine (C=N–C) groups is 1. The van der Waals surface area contributed by atoms with Gasteiger partial charge in [0.15, 0.2) is 17.2 Å². The number of rotatable bonds is 8. The van der Waals surface area contributed by atoms with Crippen molar-refractivity contribution in [1.29, 1.82) is 0 Å². The minimum atomic E-state index is -0.629. The van der Waals surface area contributed by atoms with Crippen LogP contribution in [0.2, 0.25) is 0 Å². The van der Waals surface area contributed by atoms with E-state index in [4.69, 9.17) is 14.2 Å². The number of hydrogen-bond acceptors (Lipinski definition) is 7. The molecule has 0 saturated carbocycles. The molecule has 3 rings (SSSR count). The molecule has 0 fully saturated rings. The van der Waals surface area contributed by atoms with Gasteiger partial charge in [-0.05, 0) is 57.0 Å². The number of hydrogen-bond donors (Lipinski definition) is 0. The molecule has 1 unspecified atom stereocenters. The molecule has 0 aromatic heterocycles. The second-order valence-corrected chi connectivity index (χ2v) is 7.07. The number of nitro groups is 1. The van der Waals surface area contributed by atoms with Crippen molar-refractivity contribution in [2.24, 2.45) is 4.99 Å². The number of aryl methyl sites for hydroxylation is 1. The molecular formula is C23H24N2O6. The predicted molar refractivity (Wildman–Crippen MR) is 116 cm³/mol. The van der Waals surface area contributed by atoms with Gasteiger partial charge in [-0.3, -0.25) is 10.1 Å². The molecule has 0 amide bonds. The first-order valence-electron chi connectivity index (χ1n) is 10.0. The quantitative estimate of drug-likeness (QED) is 0.261. The van der Waals surface area contributed by atoms with E-state index in [0.29, 0.717) is 34.8 Å². The van der Waals surface area contributed by atoms with Gasteiger partial charge in [0, 0.05) is 17.2 Å². The van der Waals surface area contributed by atoms with Gasteiger partial charge in [-0.1, -0.05) is 19.1 Å². The molecule has 0 bridgehead atoms. The largest absolute Gasteiger partial charge is 0.490 e. The van der Waals surface area contributed by atoms with Crippen LogP contribution in [0.1, 0.15) is 43.9 Å². The summed E-state index contributed by atoms with van der Waals surface area (Å²) in [5.41, 5.74) is 1.59. The lowest BCUT2D eigenvalue weighted by Gasteiger charge is -2.16. The van der Waals surface area contributed by atoms with Crippen LogP contribution >= 0.6 is 0 Å². The number of carbonyl (C=O) groups is 1. The second-order valence-electron chi connectivity index (χ2n) is 7.07. The van der Waals surface area contributed by atoms with Gasteiger partial charge in [-0.2, -0.15) is 0 Å². The molecular weight excluding hydrogens is 400 g/mol. The van der Waals surface area contributed by atoms with Crippen molar-refractivity contribution in [3.8, 4) is 11.5 Å². The van der Waals surface area contributed by atoms with Crippen molar-refractivity contribution in [3.63, 3.8) is 0 Å². The van der Waals surface area contributed by atoms with Gasteiger partial charge in [-0.15, -0.1) is 0 Å². The molecule has 0 saturated heterocycles. The highest BCUT2D eigenvalue weighted by molar-refractivity contribution is 6.13. The highest BCUT2D eigenvalue weighted by Gasteiger charge is 2.26. The van der Waals surface area contributed by atoms with Crippen molar-refractivity contribution in [2.45, 2.75) is 40.2 Å². The van der Waals surface area contributed by atoms with Gasteiger partial charge in [0.05, 0.1) is 17.6 Å². The van der Waals surface area contributed by atoms with Crippen molar-refractivity contribution < 1.29 is 23.9 Å². The van der Waals surface area contributed by atoms with E-state index in [9.17, 15) is 14.9 Å². The second kappa shape index (κ2) is 9.42. The molecule has 8 heteroatoms. The molecule has 0 spiro atoms. The van der Waals surface area contributed by atoms with Gasteiger partial charge in [0.1, 0.15) is 0 Å². The third-order valence-corrected chi connectivity index (χ3v) is 4.75. The van der Waals surface area contributed by atoms with E-state index < -0.39 is 10.9 Å². The van der Waals surface area contributed by atoms with E-state index in [1.54, 1.807) is 43.3 Å². The lowest BCUT2D eigenvalue weighted by atomic mass is 10.1. The normalized spacial score (nSPS) is 15.4. The number of ether oxygens (including phenoxy) is 3. The van der Waals surface area contributed by atoms with Crippen LogP contribution in [0.3, 0.4) is 0 Å². The number of nitrogens with zero attached hydrogens (tertiary/aromatic N) is 2. The summed E-state index contributed by atoms with van der Waals surface area (Å²) < 4.78 is 16.8. The average Bonchev–Trinajstić information content (AvgIpc) is 3.10. The third-order valence-electron chi connectivity index (χ3n) is 4.75. The van der Waals surface area contributed by atoms with Crippen LogP contribution in [0.5, 0.6) is 11.5 Å². The lowest BCUT2D eigenvalue weighted by molar-refractivity contribution is -0.385. The van der Waals surface area contributed by atoms with Crippen molar-refractivity contribution in [3.05, 3.63) is 68.9 Å². The monoisotopic (exact) mass is 424 g/mol. The highest BCUT2D eigenvalue weighted by atomic mass is 16.6. The number of nitro benzene ring substituents is 1. The summed E-state index contributed by atoms with van der Waals surface area (Å²) in [6, 6.07) is 9.92. The van der Waals surface area contributed by atoms with Crippen LogP contribution in [0.15, 0.2) is 47.1 Å².